The number of nitrogens with zero attached hydrogens (tertiary/aromatic N) is 2. The zero-order valence-electron chi connectivity index (χ0n) is 24.5. The van der Waals surface area contributed by atoms with Gasteiger partial charge in [0.05, 0.1) is 24.8 Å². The first-order chi connectivity index (χ1) is 19.5. The van der Waals surface area contributed by atoms with Gasteiger partial charge >= 0.3 is 0 Å². The maximum atomic E-state index is 14.1. The van der Waals surface area contributed by atoms with Crippen LogP contribution in [0.4, 0.5) is 5.69 Å². The van der Waals surface area contributed by atoms with Gasteiger partial charge in [-0.05, 0) is 57.0 Å². The van der Waals surface area contributed by atoms with Crippen molar-refractivity contribution in [3.8, 4) is 11.5 Å². The molecule has 1 N–H and O–H groups in total. The number of rotatable bonds is 13. The molecule has 0 bridgehead atoms. The summed E-state index contributed by atoms with van der Waals surface area (Å²) in [6.45, 7) is 7.00. The minimum atomic E-state index is -4.25. The molecular weight excluding hydrogens is 542 g/mol. The van der Waals surface area contributed by atoms with Crippen molar-refractivity contribution in [1.29, 1.82) is 0 Å². The topological polar surface area (TPSA) is 105 Å². The molecule has 0 heterocycles. The van der Waals surface area contributed by atoms with Crippen molar-refractivity contribution in [2.45, 2.75) is 57.6 Å². The number of ether oxygens (including phenoxy) is 2. The number of nitrogens with one attached hydrogen (secondary N) is 1. The second-order valence-electron chi connectivity index (χ2n) is 9.87. The third kappa shape index (κ3) is 7.79. The highest BCUT2D eigenvalue weighted by atomic mass is 32.2. The first-order valence-electron chi connectivity index (χ1n) is 13.5. The molecule has 0 aliphatic carbocycles. The molecule has 0 fully saturated rings. The van der Waals surface area contributed by atoms with Gasteiger partial charge in [-0.3, -0.25) is 13.9 Å². The molecule has 2 amide bonds. The molecule has 0 radical (unpaired) electrons. The molecule has 10 heteroatoms. The molecule has 3 aromatic carbocycles. The molecule has 0 saturated carbocycles. The molecule has 0 aliphatic heterocycles. The van der Waals surface area contributed by atoms with Gasteiger partial charge in [-0.1, -0.05) is 55.0 Å². The molecule has 9 nitrogen and oxygen atoms in total. The van der Waals surface area contributed by atoms with Crippen molar-refractivity contribution in [2.75, 3.05) is 25.1 Å². The number of hydrogen-bond donors (Lipinski definition) is 1. The van der Waals surface area contributed by atoms with Crippen molar-refractivity contribution in [2.24, 2.45) is 0 Å². The summed E-state index contributed by atoms with van der Waals surface area (Å²) in [5.41, 5.74) is 2.06. The minimum Gasteiger partial charge on any atom is -0.493 e. The number of hydrogen-bond acceptors (Lipinski definition) is 6. The quantitative estimate of drug-likeness (QED) is 0.318. The normalized spacial score (nSPS) is 12.6. The van der Waals surface area contributed by atoms with Crippen LogP contribution < -0.4 is 19.1 Å². The number of amides is 2. The Bertz CT molecular complexity index is 1430. The van der Waals surface area contributed by atoms with Crippen LogP contribution in [0.1, 0.15) is 38.3 Å². The highest BCUT2D eigenvalue weighted by Gasteiger charge is 2.33. The summed E-state index contributed by atoms with van der Waals surface area (Å²) >= 11 is 0. The molecule has 0 saturated heterocycles. The number of anilines is 1. The molecule has 3 aromatic rings. The Hall–Kier alpha value is -4.05. The minimum absolute atomic E-state index is 0.0688. The van der Waals surface area contributed by atoms with E-state index in [4.69, 9.17) is 9.47 Å². The SMILES string of the molecule is CCC(C)NC(=O)C(C)N(Cc1ccccc1)C(=O)CN(c1ccc(C)cc1)S(=O)(=O)c1ccc(OC)c(OC)c1. The lowest BCUT2D eigenvalue weighted by molar-refractivity contribution is -0.139. The summed E-state index contributed by atoms with van der Waals surface area (Å²) < 4.78 is 39.8. The van der Waals surface area contributed by atoms with Crippen molar-refractivity contribution in [3.05, 3.63) is 83.9 Å². The van der Waals surface area contributed by atoms with Gasteiger partial charge in [0.2, 0.25) is 11.8 Å². The van der Waals surface area contributed by atoms with Crippen molar-refractivity contribution in [3.63, 3.8) is 0 Å². The lowest BCUT2D eigenvalue weighted by Gasteiger charge is -2.32. The first kappa shape index (κ1) is 31.5. The third-order valence-electron chi connectivity index (χ3n) is 6.91. The average molecular weight is 582 g/mol. The van der Waals surface area contributed by atoms with E-state index in [1.807, 2.05) is 51.1 Å². The van der Waals surface area contributed by atoms with Crippen molar-refractivity contribution in [1.82, 2.24) is 10.2 Å². The van der Waals surface area contributed by atoms with E-state index in [1.165, 1.54) is 37.3 Å². The van der Waals surface area contributed by atoms with E-state index in [0.717, 1.165) is 21.9 Å². The van der Waals surface area contributed by atoms with Crippen LogP contribution in [0.25, 0.3) is 0 Å². The molecule has 2 unspecified atom stereocenters. The second-order valence-corrected chi connectivity index (χ2v) is 11.7. The molecule has 220 valence electrons. The van der Waals surface area contributed by atoms with Gasteiger partial charge < -0.3 is 19.7 Å². The Morgan fingerprint density at radius 3 is 2.12 bits per heavy atom. The maximum absolute atomic E-state index is 14.1. The van der Waals surface area contributed by atoms with E-state index in [-0.39, 0.29) is 29.1 Å². The van der Waals surface area contributed by atoms with Crippen LogP contribution in [-0.4, -0.2) is 58.0 Å². The van der Waals surface area contributed by atoms with Crippen LogP contribution in [0.5, 0.6) is 11.5 Å². The molecular formula is C31H39N3O6S. The Morgan fingerprint density at radius 2 is 1.54 bits per heavy atom. The van der Waals surface area contributed by atoms with Crippen LogP contribution >= 0.6 is 0 Å². The summed E-state index contributed by atoms with van der Waals surface area (Å²) in [6, 6.07) is 19.5. The molecule has 41 heavy (non-hydrogen) atoms. The van der Waals surface area contributed by atoms with E-state index >= 15 is 0 Å². The Kier molecular flexibility index (Phi) is 10.8. The number of carbonyl (C=O) groups excluding carboxylic acids is 2. The van der Waals surface area contributed by atoms with Crippen LogP contribution in [0.3, 0.4) is 0 Å². The molecule has 3 rings (SSSR count). The molecule has 0 spiro atoms. The lowest BCUT2D eigenvalue weighted by atomic mass is 10.1. The summed E-state index contributed by atoms with van der Waals surface area (Å²) in [5.74, 6) is -0.220. The number of benzene rings is 3. The van der Waals surface area contributed by atoms with Crippen molar-refractivity contribution >= 4 is 27.5 Å². The highest BCUT2D eigenvalue weighted by Crippen LogP contribution is 2.32. The molecule has 0 aliphatic rings. The van der Waals surface area contributed by atoms with Gasteiger partial charge in [-0.25, -0.2) is 8.42 Å². The second kappa shape index (κ2) is 14.0. The van der Waals surface area contributed by atoms with Gasteiger partial charge in [-0.2, -0.15) is 0 Å². The van der Waals surface area contributed by atoms with Gasteiger partial charge in [0, 0.05) is 18.7 Å². The molecule has 2 atom stereocenters. The largest absolute Gasteiger partial charge is 0.493 e. The van der Waals surface area contributed by atoms with Crippen molar-refractivity contribution < 1.29 is 27.5 Å². The zero-order chi connectivity index (χ0) is 30.2. The predicted molar refractivity (Wildman–Crippen MR) is 160 cm³/mol. The number of sulfonamides is 1. The Balaban J connectivity index is 2.05. The number of carbonyl (C=O) groups is 2. The van der Waals surface area contributed by atoms with Crippen LogP contribution in [0, 0.1) is 6.92 Å². The predicted octanol–water partition coefficient (Wildman–Crippen LogP) is 4.54. The smallest absolute Gasteiger partial charge is 0.264 e. The van der Waals surface area contributed by atoms with E-state index in [1.54, 1.807) is 31.2 Å². The van der Waals surface area contributed by atoms with E-state index < -0.39 is 28.5 Å². The zero-order valence-corrected chi connectivity index (χ0v) is 25.3. The lowest BCUT2D eigenvalue weighted by Crippen LogP contribution is -2.52. The highest BCUT2D eigenvalue weighted by molar-refractivity contribution is 7.92. The van der Waals surface area contributed by atoms with E-state index in [9.17, 15) is 18.0 Å². The summed E-state index contributed by atoms with van der Waals surface area (Å²) in [4.78, 5) is 28.5. The Labute approximate surface area is 243 Å². The summed E-state index contributed by atoms with van der Waals surface area (Å²) in [5, 5.41) is 2.93. The number of methoxy groups -OCH3 is 2. The van der Waals surface area contributed by atoms with E-state index in [0.29, 0.717) is 11.4 Å². The van der Waals surface area contributed by atoms with Gasteiger partial charge in [0.1, 0.15) is 12.6 Å². The summed E-state index contributed by atoms with van der Waals surface area (Å²) in [7, 11) is -1.36. The van der Waals surface area contributed by atoms with Crippen LogP contribution in [-0.2, 0) is 26.2 Å². The fraction of sp³-hybridized carbons (Fsp3) is 0.355. The average Bonchev–Trinajstić information content (AvgIpc) is 2.98. The molecule has 0 aromatic heterocycles. The number of aryl methyl sites for hydroxylation is 1. The van der Waals surface area contributed by atoms with E-state index in [2.05, 4.69) is 5.32 Å². The standard InChI is InChI=1S/C31H39N3O6S/c1-7-23(3)32-31(36)24(4)33(20-25-11-9-8-10-12-25)30(35)21-34(26-15-13-22(2)14-16-26)41(37,38)27-17-18-28(39-5)29(19-27)40-6/h8-19,23-24H,7,20-21H2,1-6H3,(H,32,36). The van der Waals surface area contributed by atoms with Crippen LogP contribution in [0.2, 0.25) is 0 Å². The van der Waals surface area contributed by atoms with Gasteiger partial charge in [-0.15, -0.1) is 0 Å². The maximum Gasteiger partial charge on any atom is 0.264 e. The van der Waals surface area contributed by atoms with Crippen LogP contribution in [0.15, 0.2) is 77.7 Å². The Morgan fingerprint density at radius 1 is 0.902 bits per heavy atom. The first-order valence-corrected chi connectivity index (χ1v) is 14.9. The third-order valence-corrected chi connectivity index (χ3v) is 8.68. The fourth-order valence-electron chi connectivity index (χ4n) is 4.17. The fourth-order valence-corrected chi connectivity index (χ4v) is 5.60. The van der Waals surface area contributed by atoms with Gasteiger partial charge in [0.15, 0.2) is 11.5 Å². The van der Waals surface area contributed by atoms with Gasteiger partial charge in [0.25, 0.3) is 10.0 Å². The summed E-state index contributed by atoms with van der Waals surface area (Å²) in [6.07, 6.45) is 0.732. The monoisotopic (exact) mass is 581 g/mol.